The fourth-order valence-corrected chi connectivity index (χ4v) is 2.45. The van der Waals surface area contributed by atoms with E-state index in [1.54, 1.807) is 25.6 Å². The first kappa shape index (κ1) is 12.5. The van der Waals surface area contributed by atoms with Gasteiger partial charge in [0.25, 0.3) is 5.91 Å². The highest BCUT2D eigenvalue weighted by molar-refractivity contribution is 9.10. The average molecular weight is 299 g/mol. The number of pyridine rings is 1. The van der Waals surface area contributed by atoms with Gasteiger partial charge in [-0.3, -0.25) is 9.78 Å². The maximum atomic E-state index is 11.9. The first-order chi connectivity index (χ1) is 8.19. The Hall–Kier alpha value is -0.940. The van der Waals surface area contributed by atoms with E-state index in [-0.39, 0.29) is 18.1 Å². The number of nitrogens with zero attached hydrogens (tertiary/aromatic N) is 1. The van der Waals surface area contributed by atoms with Crippen molar-refractivity contribution in [3.8, 4) is 0 Å². The molecular weight excluding hydrogens is 284 g/mol. The van der Waals surface area contributed by atoms with Gasteiger partial charge >= 0.3 is 0 Å². The minimum absolute atomic E-state index is 0.0689. The van der Waals surface area contributed by atoms with Gasteiger partial charge in [-0.15, -0.1) is 0 Å². The number of rotatable bonds is 3. The van der Waals surface area contributed by atoms with Crippen molar-refractivity contribution in [3.63, 3.8) is 0 Å². The lowest BCUT2D eigenvalue weighted by Crippen LogP contribution is -2.33. The summed E-state index contributed by atoms with van der Waals surface area (Å²) in [5, 5.41) is 3.01. The molecule has 0 aromatic carbocycles. The molecule has 92 valence electrons. The van der Waals surface area contributed by atoms with Gasteiger partial charge in [-0.25, -0.2) is 0 Å². The van der Waals surface area contributed by atoms with E-state index in [2.05, 4.69) is 26.2 Å². The van der Waals surface area contributed by atoms with Gasteiger partial charge in [0, 0.05) is 30.0 Å². The number of halogens is 1. The Morgan fingerprint density at radius 2 is 2.35 bits per heavy atom. The van der Waals surface area contributed by atoms with Crippen molar-refractivity contribution in [3.05, 3.63) is 28.5 Å². The zero-order valence-electron chi connectivity index (χ0n) is 9.65. The summed E-state index contributed by atoms with van der Waals surface area (Å²) in [6.07, 6.45) is 6.39. The van der Waals surface area contributed by atoms with Crippen LogP contribution in [0.5, 0.6) is 0 Å². The van der Waals surface area contributed by atoms with Gasteiger partial charge in [0.15, 0.2) is 0 Å². The van der Waals surface area contributed by atoms with Crippen LogP contribution in [0.1, 0.15) is 29.6 Å². The van der Waals surface area contributed by atoms with Gasteiger partial charge < -0.3 is 10.1 Å². The SMILES string of the molecule is COC1CCC(NC(=O)c2cncc(Br)c2)C1. The van der Waals surface area contributed by atoms with Crippen LogP contribution >= 0.6 is 15.9 Å². The lowest BCUT2D eigenvalue weighted by molar-refractivity contribution is 0.0914. The standard InChI is InChI=1S/C12H15BrN2O2/c1-17-11-3-2-10(5-11)15-12(16)8-4-9(13)7-14-6-8/h4,6-7,10-11H,2-3,5H2,1H3,(H,15,16). The predicted octanol–water partition coefficient (Wildman–Crippen LogP) is 2.14. The monoisotopic (exact) mass is 298 g/mol. The number of methoxy groups -OCH3 is 1. The van der Waals surface area contributed by atoms with Crippen LogP contribution in [-0.4, -0.2) is 30.1 Å². The molecule has 1 aromatic rings. The third-order valence-electron chi connectivity index (χ3n) is 3.02. The first-order valence-electron chi connectivity index (χ1n) is 5.63. The van der Waals surface area contributed by atoms with E-state index < -0.39 is 0 Å². The second kappa shape index (κ2) is 5.60. The summed E-state index contributed by atoms with van der Waals surface area (Å²) in [6.45, 7) is 0. The summed E-state index contributed by atoms with van der Waals surface area (Å²) < 4.78 is 6.09. The highest BCUT2D eigenvalue weighted by atomic mass is 79.9. The van der Waals surface area contributed by atoms with Crippen LogP contribution in [0.3, 0.4) is 0 Å². The van der Waals surface area contributed by atoms with Crippen molar-refractivity contribution in [2.45, 2.75) is 31.4 Å². The summed E-state index contributed by atoms with van der Waals surface area (Å²) in [5.74, 6) is -0.0689. The summed E-state index contributed by atoms with van der Waals surface area (Å²) >= 11 is 3.30. The highest BCUT2D eigenvalue weighted by Crippen LogP contribution is 2.21. The van der Waals surface area contributed by atoms with Gasteiger partial charge in [-0.1, -0.05) is 0 Å². The second-order valence-electron chi connectivity index (χ2n) is 4.23. The summed E-state index contributed by atoms with van der Waals surface area (Å²) in [5.41, 5.74) is 0.584. The van der Waals surface area contributed by atoms with E-state index in [0.29, 0.717) is 5.56 Å². The molecule has 1 amide bonds. The molecule has 1 N–H and O–H groups in total. The van der Waals surface area contributed by atoms with Crippen molar-refractivity contribution in [2.75, 3.05) is 7.11 Å². The molecule has 0 saturated heterocycles. The van der Waals surface area contributed by atoms with E-state index in [1.165, 1.54) is 0 Å². The minimum Gasteiger partial charge on any atom is -0.381 e. The van der Waals surface area contributed by atoms with E-state index in [9.17, 15) is 4.79 Å². The van der Waals surface area contributed by atoms with Crippen LogP contribution in [0.2, 0.25) is 0 Å². The molecule has 1 fully saturated rings. The molecule has 1 aliphatic rings. The van der Waals surface area contributed by atoms with Gasteiger partial charge in [0.1, 0.15) is 0 Å². The first-order valence-corrected chi connectivity index (χ1v) is 6.42. The van der Waals surface area contributed by atoms with E-state index in [0.717, 1.165) is 23.7 Å². The maximum absolute atomic E-state index is 11.9. The van der Waals surface area contributed by atoms with Crippen molar-refractivity contribution >= 4 is 21.8 Å². The molecule has 1 aliphatic carbocycles. The quantitative estimate of drug-likeness (QED) is 0.930. The van der Waals surface area contributed by atoms with Crippen LogP contribution in [0, 0.1) is 0 Å². The number of amides is 1. The molecule has 2 rings (SSSR count). The molecule has 1 heterocycles. The van der Waals surface area contributed by atoms with Crippen molar-refractivity contribution in [2.24, 2.45) is 0 Å². The van der Waals surface area contributed by atoms with Gasteiger partial charge in [0.2, 0.25) is 0 Å². The molecular formula is C12H15BrN2O2. The summed E-state index contributed by atoms with van der Waals surface area (Å²) in [4.78, 5) is 15.9. The molecule has 1 saturated carbocycles. The van der Waals surface area contributed by atoms with Gasteiger partial charge in [0.05, 0.1) is 11.7 Å². The van der Waals surface area contributed by atoms with Crippen LogP contribution in [-0.2, 0) is 4.74 Å². The molecule has 1 aromatic heterocycles. The minimum atomic E-state index is -0.0689. The number of aromatic nitrogens is 1. The third kappa shape index (κ3) is 3.26. The van der Waals surface area contributed by atoms with E-state index >= 15 is 0 Å². The summed E-state index contributed by atoms with van der Waals surface area (Å²) in [6, 6.07) is 1.98. The molecule has 0 bridgehead atoms. The zero-order chi connectivity index (χ0) is 12.3. The Morgan fingerprint density at radius 1 is 1.53 bits per heavy atom. The normalized spacial score (nSPS) is 23.6. The number of nitrogens with one attached hydrogen (secondary N) is 1. The van der Waals surface area contributed by atoms with Crippen molar-refractivity contribution in [1.29, 1.82) is 0 Å². The Labute approximate surface area is 109 Å². The molecule has 0 radical (unpaired) electrons. The second-order valence-corrected chi connectivity index (χ2v) is 5.15. The molecule has 0 aliphatic heterocycles. The predicted molar refractivity (Wildman–Crippen MR) is 67.8 cm³/mol. The fourth-order valence-electron chi connectivity index (χ4n) is 2.09. The smallest absolute Gasteiger partial charge is 0.253 e. The molecule has 0 spiro atoms. The van der Waals surface area contributed by atoms with Gasteiger partial charge in [-0.05, 0) is 41.3 Å². The van der Waals surface area contributed by atoms with Crippen LogP contribution in [0.25, 0.3) is 0 Å². The molecule has 2 unspecified atom stereocenters. The fraction of sp³-hybridized carbons (Fsp3) is 0.500. The Kier molecular flexibility index (Phi) is 4.12. The van der Waals surface area contributed by atoms with Crippen LogP contribution in [0.15, 0.2) is 22.9 Å². The third-order valence-corrected chi connectivity index (χ3v) is 3.45. The van der Waals surface area contributed by atoms with E-state index in [1.807, 2.05) is 0 Å². The largest absolute Gasteiger partial charge is 0.381 e. The summed E-state index contributed by atoms with van der Waals surface area (Å²) in [7, 11) is 1.72. The molecule has 5 heteroatoms. The maximum Gasteiger partial charge on any atom is 0.253 e. The topological polar surface area (TPSA) is 51.2 Å². The van der Waals surface area contributed by atoms with Crippen LogP contribution < -0.4 is 5.32 Å². The number of ether oxygens (including phenoxy) is 1. The van der Waals surface area contributed by atoms with Crippen LogP contribution in [0.4, 0.5) is 0 Å². The lowest BCUT2D eigenvalue weighted by Gasteiger charge is -2.12. The van der Waals surface area contributed by atoms with Crippen molar-refractivity contribution < 1.29 is 9.53 Å². The van der Waals surface area contributed by atoms with Gasteiger partial charge in [-0.2, -0.15) is 0 Å². The van der Waals surface area contributed by atoms with Crippen molar-refractivity contribution in [1.82, 2.24) is 10.3 Å². The number of hydrogen-bond donors (Lipinski definition) is 1. The molecule has 4 nitrogen and oxygen atoms in total. The van der Waals surface area contributed by atoms with E-state index in [4.69, 9.17) is 4.74 Å². The average Bonchev–Trinajstić information content (AvgIpc) is 2.77. The Balaban J connectivity index is 1.94. The lowest BCUT2D eigenvalue weighted by atomic mass is 10.2. The highest BCUT2D eigenvalue weighted by Gasteiger charge is 2.25. The molecule has 17 heavy (non-hydrogen) atoms. The number of hydrogen-bond acceptors (Lipinski definition) is 3. The number of carbonyl (C=O) groups excluding carboxylic acids is 1. The zero-order valence-corrected chi connectivity index (χ0v) is 11.2. The molecule has 2 atom stereocenters. The Bertz CT molecular complexity index is 411. The number of carbonyl (C=O) groups is 1. The Morgan fingerprint density at radius 3 is 3.00 bits per heavy atom.